The van der Waals surface area contributed by atoms with Gasteiger partial charge in [-0.15, -0.1) is 0 Å². The smallest absolute Gasteiger partial charge is 0.338 e. The zero-order chi connectivity index (χ0) is 16.1. The topological polar surface area (TPSA) is 55.4 Å². The summed E-state index contributed by atoms with van der Waals surface area (Å²) in [5.74, 6) is -0.113. The van der Waals surface area contributed by atoms with Crippen LogP contribution in [0.25, 0.3) is 11.1 Å². The molecule has 0 radical (unpaired) electrons. The molecule has 0 aromatic heterocycles. The fraction of sp³-hybridized carbons (Fsp3) is 0.263. The average Bonchev–Trinajstić information content (AvgIpc) is 3.43. The molecular weight excluding hydrogens is 290 g/mol. The molecule has 1 aliphatic carbocycles. The van der Waals surface area contributed by atoms with Crippen molar-refractivity contribution in [3.63, 3.8) is 0 Å². The Bertz CT molecular complexity index is 676. The molecule has 118 valence electrons. The zero-order valence-corrected chi connectivity index (χ0v) is 12.8. The minimum atomic E-state index is -0.480. The molecule has 1 fully saturated rings. The molecule has 2 aromatic rings. The predicted octanol–water partition coefficient (Wildman–Crippen LogP) is 3.04. The van der Waals surface area contributed by atoms with Gasteiger partial charge >= 0.3 is 5.97 Å². The van der Waals surface area contributed by atoms with Gasteiger partial charge in [0.05, 0.1) is 5.56 Å². The number of benzene rings is 2. The van der Waals surface area contributed by atoms with E-state index in [1.807, 2.05) is 42.5 Å². The van der Waals surface area contributed by atoms with Gasteiger partial charge in [0.1, 0.15) is 0 Å². The Kier molecular flexibility index (Phi) is 4.71. The number of ether oxygens (including phenoxy) is 1. The molecule has 0 aliphatic heterocycles. The Morgan fingerprint density at radius 1 is 0.957 bits per heavy atom. The second-order valence-electron chi connectivity index (χ2n) is 5.77. The number of esters is 1. The van der Waals surface area contributed by atoms with Gasteiger partial charge in [-0.1, -0.05) is 42.5 Å². The largest absolute Gasteiger partial charge is 0.452 e. The van der Waals surface area contributed by atoms with Crippen molar-refractivity contribution in [2.24, 2.45) is 5.92 Å². The summed E-state index contributed by atoms with van der Waals surface area (Å²) in [6.45, 7) is 0.453. The number of hydrogen-bond donors (Lipinski definition) is 1. The first-order valence-electron chi connectivity index (χ1n) is 7.81. The maximum atomic E-state index is 11.9. The molecule has 3 rings (SSSR count). The van der Waals surface area contributed by atoms with Crippen LogP contribution in [-0.4, -0.2) is 25.0 Å². The third-order valence-electron chi connectivity index (χ3n) is 3.85. The summed E-state index contributed by atoms with van der Waals surface area (Å²) in [6, 6.07) is 17.1. The SMILES string of the molecule is O=C(COC(=O)c1ccc(-c2ccccc2)cc1)NCC1CC1. The molecule has 4 nitrogen and oxygen atoms in total. The monoisotopic (exact) mass is 309 g/mol. The Balaban J connectivity index is 1.52. The summed E-state index contributed by atoms with van der Waals surface area (Å²) in [5, 5.41) is 2.77. The molecule has 1 aliphatic rings. The molecule has 0 spiro atoms. The highest BCUT2D eigenvalue weighted by molar-refractivity contribution is 5.91. The number of nitrogens with one attached hydrogen (secondary N) is 1. The van der Waals surface area contributed by atoms with E-state index in [9.17, 15) is 9.59 Å². The molecule has 4 heteroatoms. The number of carbonyl (C=O) groups excluding carboxylic acids is 2. The van der Waals surface area contributed by atoms with Crippen LogP contribution in [0.4, 0.5) is 0 Å². The van der Waals surface area contributed by atoms with Crippen molar-refractivity contribution in [1.82, 2.24) is 5.32 Å². The van der Waals surface area contributed by atoms with Crippen LogP contribution in [0.5, 0.6) is 0 Å². The fourth-order valence-corrected chi connectivity index (χ4v) is 2.27. The van der Waals surface area contributed by atoms with Crippen LogP contribution in [0.15, 0.2) is 54.6 Å². The summed E-state index contributed by atoms with van der Waals surface area (Å²) in [5.41, 5.74) is 2.57. The number of rotatable bonds is 6. The molecule has 1 N–H and O–H groups in total. The molecule has 0 unspecified atom stereocenters. The number of amides is 1. The minimum Gasteiger partial charge on any atom is -0.452 e. The first kappa shape index (κ1) is 15.3. The van der Waals surface area contributed by atoms with Crippen LogP contribution < -0.4 is 5.32 Å². The van der Waals surface area contributed by atoms with E-state index in [4.69, 9.17) is 4.74 Å². The lowest BCUT2D eigenvalue weighted by molar-refractivity contribution is -0.124. The first-order valence-corrected chi connectivity index (χ1v) is 7.81. The second kappa shape index (κ2) is 7.09. The predicted molar refractivity (Wildman–Crippen MR) is 87.9 cm³/mol. The molecule has 2 aromatic carbocycles. The lowest BCUT2D eigenvalue weighted by Gasteiger charge is -2.07. The summed E-state index contributed by atoms with van der Waals surface area (Å²) in [6.07, 6.45) is 2.35. The third-order valence-corrected chi connectivity index (χ3v) is 3.85. The highest BCUT2D eigenvalue weighted by atomic mass is 16.5. The number of carbonyl (C=O) groups is 2. The van der Waals surface area contributed by atoms with Crippen molar-refractivity contribution < 1.29 is 14.3 Å². The quantitative estimate of drug-likeness (QED) is 0.835. The van der Waals surface area contributed by atoms with Crippen molar-refractivity contribution in [2.45, 2.75) is 12.8 Å². The fourth-order valence-electron chi connectivity index (χ4n) is 2.27. The number of hydrogen-bond acceptors (Lipinski definition) is 3. The Labute approximate surface area is 135 Å². The van der Waals surface area contributed by atoms with E-state index in [2.05, 4.69) is 5.32 Å². The second-order valence-corrected chi connectivity index (χ2v) is 5.77. The zero-order valence-electron chi connectivity index (χ0n) is 12.8. The summed E-state index contributed by atoms with van der Waals surface area (Å²) >= 11 is 0. The van der Waals surface area contributed by atoms with Gasteiger partial charge in [0.15, 0.2) is 6.61 Å². The van der Waals surface area contributed by atoms with Crippen LogP contribution in [0, 0.1) is 5.92 Å². The van der Waals surface area contributed by atoms with Crippen LogP contribution in [-0.2, 0) is 9.53 Å². The Hall–Kier alpha value is -2.62. The van der Waals surface area contributed by atoms with E-state index in [0.29, 0.717) is 18.0 Å². The van der Waals surface area contributed by atoms with Gasteiger partial charge in [-0.25, -0.2) is 4.79 Å². The average molecular weight is 309 g/mol. The van der Waals surface area contributed by atoms with Gasteiger partial charge < -0.3 is 10.1 Å². The summed E-state index contributed by atoms with van der Waals surface area (Å²) < 4.78 is 5.04. The molecule has 0 atom stereocenters. The van der Waals surface area contributed by atoms with Crippen LogP contribution in [0.3, 0.4) is 0 Å². The molecule has 0 saturated heterocycles. The Morgan fingerprint density at radius 2 is 1.61 bits per heavy atom. The van der Waals surface area contributed by atoms with Gasteiger partial charge in [0.2, 0.25) is 0 Å². The Morgan fingerprint density at radius 3 is 2.26 bits per heavy atom. The standard InChI is InChI=1S/C19H19NO3/c21-18(20-12-14-6-7-14)13-23-19(22)17-10-8-16(9-11-17)15-4-2-1-3-5-15/h1-5,8-11,14H,6-7,12-13H2,(H,20,21). The van der Waals surface area contributed by atoms with Gasteiger partial charge in [-0.05, 0) is 42.0 Å². The van der Waals surface area contributed by atoms with Crippen LogP contribution in [0.1, 0.15) is 23.2 Å². The summed E-state index contributed by atoms with van der Waals surface area (Å²) in [7, 11) is 0. The molecule has 0 heterocycles. The van der Waals surface area contributed by atoms with Crippen molar-refractivity contribution in [1.29, 1.82) is 0 Å². The van der Waals surface area contributed by atoms with Crippen molar-refractivity contribution in [2.75, 3.05) is 13.2 Å². The van der Waals surface area contributed by atoms with E-state index in [1.54, 1.807) is 12.1 Å². The molecule has 1 saturated carbocycles. The van der Waals surface area contributed by atoms with E-state index >= 15 is 0 Å². The van der Waals surface area contributed by atoms with E-state index < -0.39 is 5.97 Å². The van der Waals surface area contributed by atoms with Crippen LogP contribution >= 0.6 is 0 Å². The lowest BCUT2D eigenvalue weighted by Crippen LogP contribution is -2.30. The minimum absolute atomic E-state index is 0.230. The van der Waals surface area contributed by atoms with Gasteiger partial charge in [0.25, 0.3) is 5.91 Å². The van der Waals surface area contributed by atoms with Crippen molar-refractivity contribution in [3.8, 4) is 11.1 Å². The maximum Gasteiger partial charge on any atom is 0.338 e. The normalized spacial score (nSPS) is 13.4. The summed E-state index contributed by atoms with van der Waals surface area (Å²) in [4.78, 5) is 23.5. The lowest BCUT2D eigenvalue weighted by atomic mass is 10.0. The van der Waals surface area contributed by atoms with E-state index in [-0.39, 0.29) is 12.5 Å². The maximum absolute atomic E-state index is 11.9. The first-order chi connectivity index (χ1) is 11.2. The van der Waals surface area contributed by atoms with Gasteiger partial charge in [-0.2, -0.15) is 0 Å². The molecular formula is C19H19NO3. The van der Waals surface area contributed by atoms with Gasteiger partial charge in [0, 0.05) is 6.54 Å². The molecule has 23 heavy (non-hydrogen) atoms. The van der Waals surface area contributed by atoms with Crippen molar-refractivity contribution in [3.05, 3.63) is 60.2 Å². The van der Waals surface area contributed by atoms with Crippen molar-refractivity contribution >= 4 is 11.9 Å². The van der Waals surface area contributed by atoms with Crippen LogP contribution in [0.2, 0.25) is 0 Å². The highest BCUT2D eigenvalue weighted by Gasteiger charge is 2.21. The molecule has 0 bridgehead atoms. The highest BCUT2D eigenvalue weighted by Crippen LogP contribution is 2.27. The van der Waals surface area contributed by atoms with Gasteiger partial charge in [-0.3, -0.25) is 4.79 Å². The van der Waals surface area contributed by atoms with E-state index in [1.165, 1.54) is 12.8 Å². The third kappa shape index (κ3) is 4.42. The molecule has 1 amide bonds. The van der Waals surface area contributed by atoms with E-state index in [0.717, 1.165) is 11.1 Å².